The zero-order chi connectivity index (χ0) is 11.4. The number of carbonyl (C=O) groups excluding carboxylic acids is 1. The van der Waals surface area contributed by atoms with Gasteiger partial charge in [-0.05, 0) is 24.1 Å². The second kappa shape index (κ2) is 5.38. The summed E-state index contributed by atoms with van der Waals surface area (Å²) >= 11 is 11.7. The summed E-state index contributed by atoms with van der Waals surface area (Å²) in [6.07, 6.45) is 0. The van der Waals surface area contributed by atoms with Crippen molar-refractivity contribution in [3.05, 3.63) is 33.8 Å². The van der Waals surface area contributed by atoms with Gasteiger partial charge in [-0.3, -0.25) is 4.79 Å². The van der Waals surface area contributed by atoms with Crippen LogP contribution in [0.2, 0.25) is 10.0 Å². The van der Waals surface area contributed by atoms with Crippen LogP contribution in [-0.4, -0.2) is 12.5 Å². The molecule has 1 N–H and O–H groups in total. The predicted octanol–water partition coefficient (Wildman–Crippen LogP) is 3.38. The van der Waals surface area contributed by atoms with E-state index in [2.05, 4.69) is 5.32 Å². The Morgan fingerprint density at radius 3 is 2.67 bits per heavy atom. The number of benzene rings is 1. The molecule has 82 valence electrons. The molecule has 0 aromatic heterocycles. The molecule has 0 radical (unpaired) electrons. The Hall–Kier alpha value is -0.730. The molecule has 1 aromatic carbocycles. The molecule has 1 aromatic rings. The van der Waals surface area contributed by atoms with Gasteiger partial charge in [0, 0.05) is 11.6 Å². The fraction of sp³-hybridized carbons (Fsp3) is 0.364. The minimum Gasteiger partial charge on any atom is -0.352 e. The Labute approximate surface area is 99.6 Å². The van der Waals surface area contributed by atoms with Crippen LogP contribution in [0.15, 0.2) is 18.2 Å². The van der Waals surface area contributed by atoms with Crippen molar-refractivity contribution < 1.29 is 4.79 Å². The molecule has 0 bridgehead atoms. The lowest BCUT2D eigenvalue weighted by Crippen LogP contribution is -2.27. The van der Waals surface area contributed by atoms with Crippen LogP contribution < -0.4 is 5.32 Å². The summed E-state index contributed by atoms with van der Waals surface area (Å²) in [7, 11) is 0. The molecule has 15 heavy (non-hydrogen) atoms. The van der Waals surface area contributed by atoms with E-state index in [0.717, 1.165) is 0 Å². The normalized spacial score (nSPS) is 10.5. The maximum atomic E-state index is 11.7. The minimum atomic E-state index is -0.184. The fourth-order valence-corrected chi connectivity index (χ4v) is 1.44. The summed E-state index contributed by atoms with van der Waals surface area (Å²) < 4.78 is 0. The van der Waals surface area contributed by atoms with E-state index in [0.29, 0.717) is 28.1 Å². The van der Waals surface area contributed by atoms with Crippen molar-refractivity contribution in [3.8, 4) is 0 Å². The van der Waals surface area contributed by atoms with Crippen LogP contribution in [-0.2, 0) is 0 Å². The first-order valence-corrected chi connectivity index (χ1v) is 5.49. The summed E-state index contributed by atoms with van der Waals surface area (Å²) in [5.74, 6) is 0.225. The summed E-state index contributed by atoms with van der Waals surface area (Å²) in [6, 6.07) is 4.84. The van der Waals surface area contributed by atoms with Crippen LogP contribution in [0.1, 0.15) is 24.2 Å². The summed E-state index contributed by atoms with van der Waals surface area (Å²) in [5.41, 5.74) is 0.421. The highest BCUT2D eigenvalue weighted by atomic mass is 35.5. The number of carbonyl (C=O) groups is 1. The van der Waals surface area contributed by atoms with Gasteiger partial charge in [-0.1, -0.05) is 37.0 Å². The smallest absolute Gasteiger partial charge is 0.252 e. The first kappa shape index (κ1) is 12.3. The van der Waals surface area contributed by atoms with E-state index in [-0.39, 0.29) is 5.91 Å². The van der Waals surface area contributed by atoms with E-state index in [9.17, 15) is 4.79 Å². The number of hydrogen-bond donors (Lipinski definition) is 1. The predicted molar refractivity (Wildman–Crippen MR) is 63.6 cm³/mol. The topological polar surface area (TPSA) is 29.1 Å². The third-order valence-corrected chi connectivity index (χ3v) is 2.41. The second-order valence-corrected chi connectivity index (χ2v) is 4.57. The zero-order valence-corrected chi connectivity index (χ0v) is 10.2. The molecule has 0 aliphatic carbocycles. The Morgan fingerprint density at radius 1 is 1.40 bits per heavy atom. The second-order valence-electron chi connectivity index (χ2n) is 3.73. The van der Waals surface area contributed by atoms with Crippen LogP contribution in [0.3, 0.4) is 0 Å². The van der Waals surface area contributed by atoms with Crippen LogP contribution in [0, 0.1) is 5.92 Å². The molecule has 0 saturated heterocycles. The van der Waals surface area contributed by atoms with E-state index in [4.69, 9.17) is 23.2 Å². The van der Waals surface area contributed by atoms with Crippen molar-refractivity contribution in [2.75, 3.05) is 6.54 Å². The summed E-state index contributed by atoms with van der Waals surface area (Å²) in [6.45, 7) is 4.68. The fourth-order valence-electron chi connectivity index (χ4n) is 1.06. The van der Waals surface area contributed by atoms with Crippen LogP contribution in [0.4, 0.5) is 0 Å². The number of amides is 1. The van der Waals surface area contributed by atoms with Crippen molar-refractivity contribution in [1.82, 2.24) is 5.32 Å². The maximum Gasteiger partial charge on any atom is 0.252 e. The van der Waals surface area contributed by atoms with Crippen molar-refractivity contribution >= 4 is 29.1 Å². The third-order valence-electron chi connectivity index (χ3n) is 1.84. The molecule has 0 aliphatic heterocycles. The zero-order valence-electron chi connectivity index (χ0n) is 8.68. The lowest BCUT2D eigenvalue weighted by Gasteiger charge is -2.08. The standard InChI is InChI=1S/C11H13Cl2NO/c1-7(2)6-14-11(15)9-5-8(12)3-4-10(9)13/h3-5,7H,6H2,1-2H3,(H,14,15). The Balaban J connectivity index is 2.77. The molecule has 2 nitrogen and oxygen atoms in total. The molecule has 0 fully saturated rings. The van der Waals surface area contributed by atoms with Gasteiger partial charge in [0.15, 0.2) is 0 Å². The molecular weight excluding hydrogens is 233 g/mol. The molecule has 0 saturated carbocycles. The Morgan fingerprint density at radius 2 is 2.07 bits per heavy atom. The molecule has 0 aliphatic rings. The van der Waals surface area contributed by atoms with Crippen molar-refractivity contribution in [2.45, 2.75) is 13.8 Å². The third kappa shape index (κ3) is 3.73. The number of rotatable bonds is 3. The van der Waals surface area contributed by atoms with E-state index in [1.54, 1.807) is 18.2 Å². The molecule has 0 spiro atoms. The number of halogens is 2. The Bertz CT molecular complexity index is 364. The molecule has 1 amide bonds. The van der Waals surface area contributed by atoms with Gasteiger partial charge < -0.3 is 5.32 Å². The molecule has 0 atom stereocenters. The van der Waals surface area contributed by atoms with Crippen molar-refractivity contribution in [2.24, 2.45) is 5.92 Å². The highest BCUT2D eigenvalue weighted by Crippen LogP contribution is 2.20. The van der Waals surface area contributed by atoms with Gasteiger partial charge in [0.1, 0.15) is 0 Å². The van der Waals surface area contributed by atoms with E-state index >= 15 is 0 Å². The van der Waals surface area contributed by atoms with Crippen LogP contribution >= 0.6 is 23.2 Å². The van der Waals surface area contributed by atoms with Crippen molar-refractivity contribution in [3.63, 3.8) is 0 Å². The van der Waals surface area contributed by atoms with Crippen LogP contribution in [0.5, 0.6) is 0 Å². The van der Waals surface area contributed by atoms with Crippen molar-refractivity contribution in [1.29, 1.82) is 0 Å². The highest BCUT2D eigenvalue weighted by molar-refractivity contribution is 6.35. The average Bonchev–Trinajstić information content (AvgIpc) is 2.18. The van der Waals surface area contributed by atoms with Gasteiger partial charge in [-0.25, -0.2) is 0 Å². The lowest BCUT2D eigenvalue weighted by atomic mass is 10.2. The van der Waals surface area contributed by atoms with Gasteiger partial charge in [0.05, 0.1) is 10.6 Å². The Kier molecular flexibility index (Phi) is 4.43. The quantitative estimate of drug-likeness (QED) is 0.870. The molecule has 0 unspecified atom stereocenters. The monoisotopic (exact) mass is 245 g/mol. The maximum absolute atomic E-state index is 11.7. The minimum absolute atomic E-state index is 0.184. The average molecular weight is 246 g/mol. The largest absolute Gasteiger partial charge is 0.352 e. The van der Waals surface area contributed by atoms with Gasteiger partial charge in [0.2, 0.25) is 0 Å². The van der Waals surface area contributed by atoms with Gasteiger partial charge in [-0.15, -0.1) is 0 Å². The summed E-state index contributed by atoms with van der Waals surface area (Å²) in [4.78, 5) is 11.7. The van der Waals surface area contributed by atoms with Crippen LogP contribution in [0.25, 0.3) is 0 Å². The number of nitrogens with one attached hydrogen (secondary N) is 1. The molecule has 4 heteroatoms. The molecule has 1 rings (SSSR count). The highest BCUT2D eigenvalue weighted by Gasteiger charge is 2.10. The SMILES string of the molecule is CC(C)CNC(=O)c1cc(Cl)ccc1Cl. The number of hydrogen-bond acceptors (Lipinski definition) is 1. The van der Waals surface area contributed by atoms with Gasteiger partial charge >= 0.3 is 0 Å². The molecule has 0 heterocycles. The van der Waals surface area contributed by atoms with Gasteiger partial charge in [0.25, 0.3) is 5.91 Å². The van der Waals surface area contributed by atoms with Gasteiger partial charge in [-0.2, -0.15) is 0 Å². The van der Waals surface area contributed by atoms with E-state index in [1.165, 1.54) is 0 Å². The lowest BCUT2D eigenvalue weighted by molar-refractivity contribution is 0.0949. The first-order chi connectivity index (χ1) is 7.00. The molecular formula is C11H13Cl2NO. The summed E-state index contributed by atoms with van der Waals surface area (Å²) in [5, 5.41) is 3.71. The van der Waals surface area contributed by atoms with E-state index in [1.807, 2.05) is 13.8 Å². The van der Waals surface area contributed by atoms with E-state index < -0.39 is 0 Å². The first-order valence-electron chi connectivity index (χ1n) is 4.74.